The van der Waals surface area contributed by atoms with Crippen molar-refractivity contribution in [3.8, 4) is 0 Å². The SMILES string of the molecule is Fc1ccc(Br)cc1CNc1ccc2[nH]ncc2c1. The third-order valence-electron chi connectivity index (χ3n) is 2.93. The molecule has 1 heterocycles. The average Bonchev–Trinajstić information content (AvgIpc) is 2.87. The molecule has 3 rings (SSSR count). The van der Waals surface area contributed by atoms with Crippen LogP contribution in [0, 0.1) is 5.82 Å². The first-order valence-electron chi connectivity index (χ1n) is 5.83. The number of halogens is 2. The lowest BCUT2D eigenvalue weighted by atomic mass is 10.2. The zero-order chi connectivity index (χ0) is 13.2. The van der Waals surface area contributed by atoms with E-state index in [0.717, 1.165) is 21.1 Å². The summed E-state index contributed by atoms with van der Waals surface area (Å²) in [4.78, 5) is 0. The second kappa shape index (κ2) is 5.01. The average molecular weight is 320 g/mol. The number of hydrogen-bond acceptors (Lipinski definition) is 2. The topological polar surface area (TPSA) is 40.7 Å². The van der Waals surface area contributed by atoms with Crippen LogP contribution in [0.4, 0.5) is 10.1 Å². The van der Waals surface area contributed by atoms with Crippen molar-refractivity contribution in [1.29, 1.82) is 0 Å². The molecular formula is C14H11BrFN3. The van der Waals surface area contributed by atoms with Crippen LogP contribution in [0.5, 0.6) is 0 Å². The number of H-pyrrole nitrogens is 1. The molecule has 0 atom stereocenters. The summed E-state index contributed by atoms with van der Waals surface area (Å²) in [6.07, 6.45) is 1.76. The number of anilines is 1. The van der Waals surface area contributed by atoms with Crippen molar-refractivity contribution in [2.24, 2.45) is 0 Å². The van der Waals surface area contributed by atoms with Crippen molar-refractivity contribution < 1.29 is 4.39 Å². The van der Waals surface area contributed by atoms with Gasteiger partial charge in [0.15, 0.2) is 0 Å². The third-order valence-corrected chi connectivity index (χ3v) is 3.42. The summed E-state index contributed by atoms with van der Waals surface area (Å²) in [6, 6.07) is 10.8. The van der Waals surface area contributed by atoms with Gasteiger partial charge in [-0.05, 0) is 36.4 Å². The number of aromatic nitrogens is 2. The van der Waals surface area contributed by atoms with Crippen LogP contribution in [0.15, 0.2) is 47.1 Å². The fourth-order valence-corrected chi connectivity index (χ4v) is 2.34. The molecule has 0 spiro atoms. The lowest BCUT2D eigenvalue weighted by Crippen LogP contribution is -2.01. The predicted molar refractivity (Wildman–Crippen MR) is 77.5 cm³/mol. The maximum atomic E-state index is 13.6. The Labute approximate surface area is 118 Å². The van der Waals surface area contributed by atoms with Gasteiger partial charge < -0.3 is 5.32 Å². The lowest BCUT2D eigenvalue weighted by molar-refractivity contribution is 0.612. The number of nitrogens with one attached hydrogen (secondary N) is 2. The van der Waals surface area contributed by atoms with Gasteiger partial charge in [-0.3, -0.25) is 5.10 Å². The molecule has 0 fully saturated rings. The fourth-order valence-electron chi connectivity index (χ4n) is 1.93. The molecule has 0 saturated heterocycles. The van der Waals surface area contributed by atoms with Gasteiger partial charge in [0.2, 0.25) is 0 Å². The summed E-state index contributed by atoms with van der Waals surface area (Å²) in [5.41, 5.74) is 2.55. The van der Waals surface area contributed by atoms with E-state index < -0.39 is 0 Å². The Morgan fingerprint density at radius 2 is 2.11 bits per heavy atom. The van der Waals surface area contributed by atoms with Crippen LogP contribution < -0.4 is 5.32 Å². The molecule has 3 nitrogen and oxygen atoms in total. The van der Waals surface area contributed by atoms with E-state index in [9.17, 15) is 4.39 Å². The smallest absolute Gasteiger partial charge is 0.128 e. The highest BCUT2D eigenvalue weighted by atomic mass is 79.9. The molecule has 5 heteroatoms. The highest BCUT2D eigenvalue weighted by Crippen LogP contribution is 2.19. The van der Waals surface area contributed by atoms with E-state index in [0.29, 0.717) is 12.1 Å². The molecule has 0 saturated carbocycles. The van der Waals surface area contributed by atoms with E-state index in [1.807, 2.05) is 18.2 Å². The van der Waals surface area contributed by atoms with Crippen LogP contribution in [-0.2, 0) is 6.54 Å². The zero-order valence-electron chi connectivity index (χ0n) is 9.95. The van der Waals surface area contributed by atoms with Crippen molar-refractivity contribution in [2.75, 3.05) is 5.32 Å². The van der Waals surface area contributed by atoms with E-state index in [-0.39, 0.29) is 5.82 Å². The van der Waals surface area contributed by atoms with Crippen molar-refractivity contribution in [2.45, 2.75) is 6.54 Å². The Balaban J connectivity index is 1.79. The second-order valence-electron chi connectivity index (χ2n) is 4.26. The van der Waals surface area contributed by atoms with E-state index >= 15 is 0 Å². The third kappa shape index (κ3) is 2.61. The molecule has 1 aromatic heterocycles. The van der Waals surface area contributed by atoms with Crippen LogP contribution in [0.1, 0.15) is 5.56 Å². The van der Waals surface area contributed by atoms with Crippen molar-refractivity contribution >= 4 is 32.5 Å². The van der Waals surface area contributed by atoms with Crippen molar-refractivity contribution in [3.05, 3.63) is 58.4 Å². The first-order chi connectivity index (χ1) is 9.22. The second-order valence-corrected chi connectivity index (χ2v) is 5.18. The molecule has 0 radical (unpaired) electrons. The van der Waals surface area contributed by atoms with E-state index in [1.165, 1.54) is 6.07 Å². The molecule has 2 N–H and O–H groups in total. The Kier molecular flexibility index (Phi) is 3.21. The van der Waals surface area contributed by atoms with Crippen molar-refractivity contribution in [1.82, 2.24) is 10.2 Å². The Morgan fingerprint density at radius 1 is 1.21 bits per heavy atom. The normalized spacial score (nSPS) is 10.8. The van der Waals surface area contributed by atoms with Gasteiger partial charge in [-0.1, -0.05) is 15.9 Å². The van der Waals surface area contributed by atoms with Gasteiger partial charge in [-0.15, -0.1) is 0 Å². The van der Waals surface area contributed by atoms with Crippen molar-refractivity contribution in [3.63, 3.8) is 0 Å². The predicted octanol–water partition coefficient (Wildman–Crippen LogP) is 4.08. The monoisotopic (exact) mass is 319 g/mol. The molecule has 2 aromatic carbocycles. The molecule has 0 amide bonds. The first-order valence-corrected chi connectivity index (χ1v) is 6.62. The minimum absolute atomic E-state index is 0.208. The fraction of sp³-hybridized carbons (Fsp3) is 0.0714. The van der Waals surface area contributed by atoms with Gasteiger partial charge >= 0.3 is 0 Å². The van der Waals surface area contributed by atoms with Gasteiger partial charge in [-0.25, -0.2) is 4.39 Å². The standard InChI is InChI=1S/C14H11BrFN3/c15-11-1-3-13(16)9(5-11)7-17-12-2-4-14-10(6-12)8-18-19-14/h1-6,8,17H,7H2,(H,18,19). The molecule has 0 bridgehead atoms. The summed E-state index contributed by atoms with van der Waals surface area (Å²) in [6.45, 7) is 0.439. The van der Waals surface area contributed by atoms with E-state index in [1.54, 1.807) is 18.3 Å². The van der Waals surface area contributed by atoms with Crippen LogP contribution in [0.3, 0.4) is 0 Å². The molecule has 96 valence electrons. The number of nitrogens with zero attached hydrogens (tertiary/aromatic N) is 1. The van der Waals surface area contributed by atoms with Gasteiger partial charge in [0, 0.05) is 27.7 Å². The van der Waals surface area contributed by atoms with Gasteiger partial charge in [-0.2, -0.15) is 5.10 Å². The number of fused-ring (bicyclic) bond motifs is 1. The van der Waals surface area contributed by atoms with Crippen LogP contribution in [0.25, 0.3) is 10.9 Å². The number of hydrogen-bond donors (Lipinski definition) is 2. The largest absolute Gasteiger partial charge is 0.381 e. The zero-order valence-corrected chi connectivity index (χ0v) is 11.5. The Morgan fingerprint density at radius 3 is 3.00 bits per heavy atom. The number of benzene rings is 2. The van der Waals surface area contributed by atoms with E-state index in [2.05, 4.69) is 31.4 Å². The van der Waals surface area contributed by atoms with Gasteiger partial charge in [0.05, 0.1) is 11.7 Å². The van der Waals surface area contributed by atoms with Crippen LogP contribution in [0.2, 0.25) is 0 Å². The summed E-state index contributed by atoms with van der Waals surface area (Å²) in [5, 5.41) is 11.1. The molecule has 0 aliphatic heterocycles. The van der Waals surface area contributed by atoms with E-state index in [4.69, 9.17) is 0 Å². The molecule has 3 aromatic rings. The molecular weight excluding hydrogens is 309 g/mol. The molecule has 0 aliphatic carbocycles. The summed E-state index contributed by atoms with van der Waals surface area (Å²) in [5.74, 6) is -0.208. The van der Waals surface area contributed by atoms with Crippen LogP contribution >= 0.6 is 15.9 Å². The number of aromatic amines is 1. The molecule has 19 heavy (non-hydrogen) atoms. The molecule has 0 aliphatic rings. The lowest BCUT2D eigenvalue weighted by Gasteiger charge is -2.08. The van der Waals surface area contributed by atoms with Gasteiger partial charge in [0.25, 0.3) is 0 Å². The summed E-state index contributed by atoms with van der Waals surface area (Å²) in [7, 11) is 0. The maximum absolute atomic E-state index is 13.6. The minimum Gasteiger partial charge on any atom is -0.381 e. The highest BCUT2D eigenvalue weighted by Gasteiger charge is 2.03. The Hall–Kier alpha value is -1.88. The summed E-state index contributed by atoms with van der Waals surface area (Å²) >= 11 is 3.34. The Bertz CT molecular complexity index is 724. The molecule has 0 unspecified atom stereocenters. The first kappa shape index (κ1) is 12.2. The quantitative estimate of drug-likeness (QED) is 0.763. The van der Waals surface area contributed by atoms with Gasteiger partial charge in [0.1, 0.15) is 5.82 Å². The highest BCUT2D eigenvalue weighted by molar-refractivity contribution is 9.10. The maximum Gasteiger partial charge on any atom is 0.128 e. The summed E-state index contributed by atoms with van der Waals surface area (Å²) < 4.78 is 14.5. The van der Waals surface area contributed by atoms with Crippen LogP contribution in [-0.4, -0.2) is 10.2 Å². The minimum atomic E-state index is -0.208. The number of rotatable bonds is 3.